The van der Waals surface area contributed by atoms with Gasteiger partial charge in [0.25, 0.3) is 0 Å². The van der Waals surface area contributed by atoms with Crippen LogP contribution in [-0.4, -0.2) is 56.0 Å². The van der Waals surface area contributed by atoms with Gasteiger partial charge in [-0.15, -0.1) is 10.2 Å². The number of hydrogen-bond acceptors (Lipinski definition) is 7. The van der Waals surface area contributed by atoms with Crippen molar-refractivity contribution >= 4 is 23.4 Å². The first-order valence-electron chi connectivity index (χ1n) is 12.2. The number of nitrogens with one attached hydrogen (secondary N) is 2. The number of urea groups is 1. The zero-order chi connectivity index (χ0) is 26.6. The highest BCUT2D eigenvalue weighted by Crippen LogP contribution is 2.31. The van der Waals surface area contributed by atoms with Gasteiger partial charge in [-0.1, -0.05) is 28.8 Å². The molecule has 1 aliphatic rings. The van der Waals surface area contributed by atoms with Gasteiger partial charge in [0.1, 0.15) is 5.82 Å². The molecule has 2 amide bonds. The number of halogens is 2. The number of likely N-dealkylation sites (tertiary alicyclic amines) is 1. The Morgan fingerprint density at radius 3 is 2.68 bits per heavy atom. The number of carbonyl (C=O) groups excluding carboxylic acids is 1. The Hall–Kier alpha value is -3.90. The van der Waals surface area contributed by atoms with E-state index in [1.165, 1.54) is 17.6 Å². The van der Waals surface area contributed by atoms with Gasteiger partial charge in [0.15, 0.2) is 11.6 Å². The lowest BCUT2D eigenvalue weighted by Gasteiger charge is -2.21. The first kappa shape index (κ1) is 25.7. The highest BCUT2D eigenvalue weighted by atomic mass is 32.1. The van der Waals surface area contributed by atoms with E-state index in [0.717, 1.165) is 17.4 Å². The number of ether oxygens (including phenoxy) is 1. The van der Waals surface area contributed by atoms with Crippen molar-refractivity contribution in [3.63, 3.8) is 0 Å². The van der Waals surface area contributed by atoms with Crippen molar-refractivity contribution in [2.24, 2.45) is 0 Å². The number of benzene rings is 2. The molecule has 0 radical (unpaired) electrons. The molecule has 2 aromatic heterocycles. The van der Waals surface area contributed by atoms with E-state index in [9.17, 15) is 13.6 Å². The van der Waals surface area contributed by atoms with E-state index >= 15 is 0 Å². The summed E-state index contributed by atoms with van der Waals surface area (Å²) in [6, 6.07) is 12.5. The van der Waals surface area contributed by atoms with Crippen LogP contribution in [0, 0.1) is 18.6 Å². The predicted molar refractivity (Wildman–Crippen MR) is 140 cm³/mol. The van der Waals surface area contributed by atoms with Crippen molar-refractivity contribution in [2.45, 2.75) is 32.4 Å². The first-order chi connectivity index (χ1) is 18.4. The molecule has 0 aliphatic carbocycles. The summed E-state index contributed by atoms with van der Waals surface area (Å²) >= 11 is 1.27. The molecule has 1 fully saturated rings. The lowest BCUT2D eigenvalue weighted by Crippen LogP contribution is -2.42. The second-order valence-electron chi connectivity index (χ2n) is 9.03. The van der Waals surface area contributed by atoms with E-state index in [4.69, 9.17) is 4.74 Å². The van der Waals surface area contributed by atoms with Crippen LogP contribution in [0.3, 0.4) is 0 Å². The van der Waals surface area contributed by atoms with E-state index in [2.05, 4.69) is 30.2 Å². The molecule has 0 bridgehead atoms. The van der Waals surface area contributed by atoms with Crippen LogP contribution in [0.15, 0.2) is 53.9 Å². The molecule has 1 aliphatic heterocycles. The normalized spacial score (nSPS) is 17.5. The summed E-state index contributed by atoms with van der Waals surface area (Å²) in [5.41, 5.74) is 2.87. The van der Waals surface area contributed by atoms with Crippen molar-refractivity contribution in [3.05, 3.63) is 82.4 Å². The number of nitrogens with zero attached hydrogens (tertiary/aromatic N) is 5. The highest BCUT2D eigenvalue weighted by molar-refractivity contribution is 7.03. The molecule has 2 unspecified atom stereocenters. The van der Waals surface area contributed by atoms with Crippen molar-refractivity contribution < 1.29 is 18.3 Å². The van der Waals surface area contributed by atoms with E-state index in [1.54, 1.807) is 10.7 Å². The number of para-hydroxylation sites is 1. The van der Waals surface area contributed by atoms with Gasteiger partial charge in [0.2, 0.25) is 5.88 Å². The first-order valence-corrected chi connectivity index (χ1v) is 13.0. The van der Waals surface area contributed by atoms with Gasteiger partial charge in [-0.25, -0.2) is 18.3 Å². The number of carbonyl (C=O) groups is 1. The summed E-state index contributed by atoms with van der Waals surface area (Å²) in [5.74, 6) is -1.19. The Bertz CT molecular complexity index is 1400. The largest absolute Gasteiger partial charge is 0.477 e. The summed E-state index contributed by atoms with van der Waals surface area (Å²) in [4.78, 5) is 15.4. The van der Waals surface area contributed by atoms with Crippen LogP contribution >= 0.6 is 11.5 Å². The van der Waals surface area contributed by atoms with Gasteiger partial charge in [-0.2, -0.15) is 0 Å². The second-order valence-corrected chi connectivity index (χ2v) is 9.64. The number of anilines is 1. The number of amides is 2. The third-order valence-electron chi connectivity index (χ3n) is 6.47. The van der Waals surface area contributed by atoms with E-state index in [1.807, 2.05) is 49.6 Å². The minimum absolute atomic E-state index is 0.262. The quantitative estimate of drug-likeness (QED) is 0.342. The van der Waals surface area contributed by atoms with E-state index in [0.29, 0.717) is 49.1 Å². The van der Waals surface area contributed by atoms with Crippen molar-refractivity contribution in [3.8, 4) is 11.6 Å². The molecule has 5 rings (SSSR count). The Morgan fingerprint density at radius 1 is 1.16 bits per heavy atom. The van der Waals surface area contributed by atoms with Crippen LogP contribution in [0.4, 0.5) is 19.4 Å². The Labute approximate surface area is 222 Å². The molecule has 9 nitrogen and oxygen atoms in total. The van der Waals surface area contributed by atoms with E-state index < -0.39 is 17.7 Å². The minimum atomic E-state index is -0.918. The van der Waals surface area contributed by atoms with Gasteiger partial charge in [0.05, 0.1) is 29.6 Å². The maximum atomic E-state index is 14.1. The molecule has 4 aromatic rings. The smallest absolute Gasteiger partial charge is 0.320 e. The van der Waals surface area contributed by atoms with Gasteiger partial charge in [-0.05, 0) is 55.2 Å². The molecule has 38 heavy (non-hydrogen) atoms. The Morgan fingerprint density at radius 2 is 1.97 bits per heavy atom. The molecule has 198 valence electrons. The van der Waals surface area contributed by atoms with Gasteiger partial charge >= 0.3 is 6.03 Å². The fourth-order valence-corrected chi connectivity index (χ4v) is 5.13. The zero-order valence-electron chi connectivity index (χ0n) is 20.9. The average Bonchev–Trinajstić information content (AvgIpc) is 3.63. The van der Waals surface area contributed by atoms with Crippen LogP contribution in [0.2, 0.25) is 0 Å². The molecule has 2 aromatic carbocycles. The fraction of sp³-hybridized carbons (Fsp3) is 0.308. The highest BCUT2D eigenvalue weighted by Gasteiger charge is 2.36. The second kappa shape index (κ2) is 11.2. The lowest BCUT2D eigenvalue weighted by molar-refractivity contribution is 0.246. The molecule has 0 saturated carbocycles. The van der Waals surface area contributed by atoms with Gasteiger partial charge in [-0.3, -0.25) is 10.2 Å². The maximum Gasteiger partial charge on any atom is 0.320 e. The SMILES string of the molecule is CCOc1nn(-c2ccccc2)c(NC(=O)NC2CN(Cc3csnn3)CC2c2ccc(F)c(F)c2)c1C. The average molecular weight is 540 g/mol. The summed E-state index contributed by atoms with van der Waals surface area (Å²) in [6.07, 6.45) is 0. The van der Waals surface area contributed by atoms with Crippen LogP contribution in [0.5, 0.6) is 5.88 Å². The number of aromatic nitrogens is 4. The maximum absolute atomic E-state index is 14.1. The molecular weight excluding hydrogens is 512 g/mol. The zero-order valence-corrected chi connectivity index (χ0v) is 21.7. The summed E-state index contributed by atoms with van der Waals surface area (Å²) in [5, 5.41) is 16.5. The predicted octanol–water partition coefficient (Wildman–Crippen LogP) is 4.50. The van der Waals surface area contributed by atoms with Crippen molar-refractivity contribution in [1.29, 1.82) is 0 Å². The van der Waals surface area contributed by atoms with Gasteiger partial charge < -0.3 is 10.1 Å². The minimum Gasteiger partial charge on any atom is -0.477 e. The molecular formula is C26H27F2N7O2S. The van der Waals surface area contributed by atoms with E-state index in [-0.39, 0.29) is 12.0 Å². The monoisotopic (exact) mass is 539 g/mol. The summed E-state index contributed by atoms with van der Waals surface area (Å²) in [7, 11) is 0. The molecule has 1 saturated heterocycles. The van der Waals surface area contributed by atoms with Gasteiger partial charge in [0, 0.05) is 30.9 Å². The number of rotatable bonds is 8. The molecule has 2 atom stereocenters. The van der Waals surface area contributed by atoms with Crippen LogP contribution in [0.1, 0.15) is 29.7 Å². The third kappa shape index (κ3) is 5.50. The Balaban J connectivity index is 1.38. The standard InChI is InChI=1S/C26H27F2N7O2S/c1-3-37-25-16(2)24(35(32-25)19-7-5-4-6-8-19)30-26(36)29-23-14-34(12-18-15-38-33-31-18)13-20(23)17-9-10-21(27)22(28)11-17/h4-11,15,20,23H,3,12-14H2,1-2H3,(H2,29,30,36). The summed E-state index contributed by atoms with van der Waals surface area (Å²) in [6.45, 7) is 5.69. The van der Waals surface area contributed by atoms with Crippen LogP contribution in [-0.2, 0) is 6.54 Å². The fourth-order valence-electron chi connectivity index (χ4n) is 4.69. The Kier molecular flexibility index (Phi) is 7.61. The topological polar surface area (TPSA) is 97.2 Å². The van der Waals surface area contributed by atoms with Crippen LogP contribution in [0.25, 0.3) is 5.69 Å². The van der Waals surface area contributed by atoms with Crippen molar-refractivity contribution in [2.75, 3.05) is 25.0 Å². The molecule has 12 heteroatoms. The molecule has 2 N–H and O–H groups in total. The lowest BCUT2D eigenvalue weighted by atomic mass is 9.94. The molecule has 0 spiro atoms. The van der Waals surface area contributed by atoms with Crippen LogP contribution < -0.4 is 15.4 Å². The molecule has 3 heterocycles. The summed E-state index contributed by atoms with van der Waals surface area (Å²) < 4.78 is 38.9. The van der Waals surface area contributed by atoms with Crippen molar-refractivity contribution in [1.82, 2.24) is 29.6 Å². The number of hydrogen-bond donors (Lipinski definition) is 2. The third-order valence-corrected chi connectivity index (χ3v) is 7.02.